The number of aromatic nitrogens is 3. The van der Waals surface area contributed by atoms with Gasteiger partial charge in [0.2, 0.25) is 0 Å². The Kier molecular flexibility index (Phi) is 7.44. The second-order valence-electron chi connectivity index (χ2n) is 6.99. The van der Waals surface area contributed by atoms with E-state index in [4.69, 9.17) is 4.74 Å². The first-order chi connectivity index (χ1) is 14.2. The second-order valence-corrected chi connectivity index (χ2v) is 6.99. The highest BCUT2D eigenvalue weighted by Gasteiger charge is 2.07. The zero-order valence-corrected chi connectivity index (χ0v) is 17.4. The predicted octanol–water partition coefficient (Wildman–Crippen LogP) is 2.99. The first kappa shape index (κ1) is 20.6. The molecule has 154 valence electrons. The van der Waals surface area contributed by atoms with Crippen molar-refractivity contribution in [1.82, 2.24) is 25.2 Å². The number of ether oxygens (including phenoxy) is 1. The van der Waals surface area contributed by atoms with Crippen LogP contribution in [-0.2, 0) is 6.42 Å². The van der Waals surface area contributed by atoms with Crippen molar-refractivity contribution in [3.8, 4) is 5.75 Å². The number of fused-ring (bicyclic) bond motifs is 1. The standard InChI is InChI=1S/C22H30N6O/c1-4-23-22(25-16-18(3)29-19-11-6-5-10-17(19)2)24-14-9-13-21-27-26-20-12-7-8-15-28(20)21/h5-8,10-12,15,18H,4,9,13-14,16H2,1-3H3,(H2,23,24,25). The van der Waals surface area contributed by atoms with Crippen molar-refractivity contribution >= 4 is 11.6 Å². The number of rotatable bonds is 9. The molecule has 0 aliphatic heterocycles. The highest BCUT2D eigenvalue weighted by atomic mass is 16.5. The minimum Gasteiger partial charge on any atom is -0.489 e. The van der Waals surface area contributed by atoms with E-state index >= 15 is 0 Å². The lowest BCUT2D eigenvalue weighted by Crippen LogP contribution is -2.38. The molecule has 0 fully saturated rings. The summed E-state index contributed by atoms with van der Waals surface area (Å²) in [7, 11) is 0. The largest absolute Gasteiger partial charge is 0.489 e. The Hall–Kier alpha value is -3.09. The first-order valence-corrected chi connectivity index (χ1v) is 10.2. The average Bonchev–Trinajstić information content (AvgIpc) is 3.14. The fourth-order valence-corrected chi connectivity index (χ4v) is 3.02. The number of hydrogen-bond acceptors (Lipinski definition) is 4. The van der Waals surface area contributed by atoms with Crippen LogP contribution in [0.3, 0.4) is 0 Å². The van der Waals surface area contributed by atoms with E-state index in [1.165, 1.54) is 0 Å². The molecule has 2 N–H and O–H groups in total. The number of benzene rings is 1. The maximum absolute atomic E-state index is 6.01. The summed E-state index contributed by atoms with van der Waals surface area (Å²) in [5.41, 5.74) is 2.02. The van der Waals surface area contributed by atoms with Crippen molar-refractivity contribution in [2.24, 2.45) is 4.99 Å². The first-order valence-electron chi connectivity index (χ1n) is 10.2. The number of nitrogens with zero attached hydrogens (tertiary/aromatic N) is 4. The summed E-state index contributed by atoms with van der Waals surface area (Å²) in [6.07, 6.45) is 3.79. The highest BCUT2D eigenvalue weighted by Crippen LogP contribution is 2.17. The van der Waals surface area contributed by atoms with E-state index in [1.807, 2.05) is 53.9 Å². The minimum atomic E-state index is -0.00564. The third-order valence-electron chi connectivity index (χ3n) is 4.53. The van der Waals surface area contributed by atoms with Crippen molar-refractivity contribution < 1.29 is 4.74 Å². The molecule has 0 saturated heterocycles. The fourth-order valence-electron chi connectivity index (χ4n) is 3.02. The van der Waals surface area contributed by atoms with Gasteiger partial charge in [-0.2, -0.15) is 0 Å². The van der Waals surface area contributed by atoms with Gasteiger partial charge in [0.1, 0.15) is 17.7 Å². The quantitative estimate of drug-likeness (QED) is 0.331. The van der Waals surface area contributed by atoms with Crippen LogP contribution in [0, 0.1) is 6.92 Å². The van der Waals surface area contributed by atoms with Gasteiger partial charge in [-0.05, 0) is 51.0 Å². The van der Waals surface area contributed by atoms with Crippen LogP contribution in [0.5, 0.6) is 5.75 Å². The maximum atomic E-state index is 6.01. The van der Waals surface area contributed by atoms with Crippen LogP contribution in [0.25, 0.3) is 5.65 Å². The SMILES string of the molecule is CCNC(=NCC(C)Oc1ccccc1C)NCCCc1nnc2ccccn12. The lowest BCUT2D eigenvalue weighted by Gasteiger charge is -2.16. The molecule has 2 heterocycles. The molecule has 2 aromatic heterocycles. The molecule has 1 aromatic carbocycles. The van der Waals surface area contributed by atoms with Crippen molar-refractivity contribution in [2.45, 2.75) is 39.7 Å². The molecular weight excluding hydrogens is 364 g/mol. The summed E-state index contributed by atoms with van der Waals surface area (Å²) in [6, 6.07) is 14.0. The Labute approximate surface area is 172 Å². The van der Waals surface area contributed by atoms with Gasteiger partial charge in [0.15, 0.2) is 11.6 Å². The lowest BCUT2D eigenvalue weighted by molar-refractivity contribution is 0.228. The fraction of sp³-hybridized carbons (Fsp3) is 0.409. The summed E-state index contributed by atoms with van der Waals surface area (Å²) in [5, 5.41) is 15.1. The summed E-state index contributed by atoms with van der Waals surface area (Å²) < 4.78 is 8.04. The Bertz CT molecular complexity index is 936. The summed E-state index contributed by atoms with van der Waals surface area (Å²) in [5.74, 6) is 2.69. The Morgan fingerprint density at radius 3 is 2.79 bits per heavy atom. The minimum absolute atomic E-state index is 0.00564. The number of aryl methyl sites for hydroxylation is 2. The van der Waals surface area contributed by atoms with E-state index < -0.39 is 0 Å². The number of nitrogens with one attached hydrogen (secondary N) is 2. The van der Waals surface area contributed by atoms with Crippen LogP contribution in [-0.4, -0.2) is 46.3 Å². The van der Waals surface area contributed by atoms with E-state index in [-0.39, 0.29) is 6.10 Å². The number of guanidine groups is 1. The molecule has 0 aliphatic rings. The molecule has 0 saturated carbocycles. The van der Waals surface area contributed by atoms with Crippen molar-refractivity contribution in [1.29, 1.82) is 0 Å². The molecule has 0 spiro atoms. The lowest BCUT2D eigenvalue weighted by atomic mass is 10.2. The molecule has 0 amide bonds. The number of hydrogen-bond donors (Lipinski definition) is 2. The van der Waals surface area contributed by atoms with Gasteiger partial charge < -0.3 is 15.4 Å². The Balaban J connectivity index is 1.47. The Morgan fingerprint density at radius 2 is 1.97 bits per heavy atom. The summed E-state index contributed by atoms with van der Waals surface area (Å²) in [6.45, 7) is 8.35. The number of aliphatic imine (C=N–C) groups is 1. The van der Waals surface area contributed by atoms with Gasteiger partial charge in [-0.15, -0.1) is 10.2 Å². The van der Waals surface area contributed by atoms with Crippen molar-refractivity contribution in [2.75, 3.05) is 19.6 Å². The molecule has 0 aliphatic carbocycles. The zero-order valence-electron chi connectivity index (χ0n) is 17.4. The molecule has 1 unspecified atom stereocenters. The molecule has 7 nitrogen and oxygen atoms in total. The monoisotopic (exact) mass is 394 g/mol. The molecular formula is C22H30N6O. The normalized spacial score (nSPS) is 12.7. The molecule has 0 radical (unpaired) electrons. The van der Waals surface area contributed by atoms with Crippen LogP contribution in [0.2, 0.25) is 0 Å². The molecule has 3 rings (SSSR count). The maximum Gasteiger partial charge on any atom is 0.191 e. The van der Waals surface area contributed by atoms with Gasteiger partial charge in [0.25, 0.3) is 0 Å². The predicted molar refractivity (Wildman–Crippen MR) is 117 cm³/mol. The third kappa shape index (κ3) is 5.94. The van der Waals surface area contributed by atoms with Crippen LogP contribution in [0.1, 0.15) is 31.7 Å². The molecule has 29 heavy (non-hydrogen) atoms. The number of pyridine rings is 1. The Morgan fingerprint density at radius 1 is 1.14 bits per heavy atom. The van der Waals surface area contributed by atoms with Crippen LogP contribution in [0.15, 0.2) is 53.7 Å². The van der Waals surface area contributed by atoms with Crippen molar-refractivity contribution in [3.05, 3.63) is 60.0 Å². The van der Waals surface area contributed by atoms with E-state index in [1.54, 1.807) is 0 Å². The molecule has 1 atom stereocenters. The molecule has 0 bridgehead atoms. The highest BCUT2D eigenvalue weighted by molar-refractivity contribution is 5.79. The van der Waals surface area contributed by atoms with Gasteiger partial charge in [-0.3, -0.25) is 4.40 Å². The van der Waals surface area contributed by atoms with E-state index in [0.717, 1.165) is 54.7 Å². The van der Waals surface area contributed by atoms with E-state index in [9.17, 15) is 0 Å². The van der Waals surface area contributed by atoms with Crippen LogP contribution in [0.4, 0.5) is 0 Å². The van der Waals surface area contributed by atoms with Gasteiger partial charge in [0.05, 0.1) is 6.54 Å². The van der Waals surface area contributed by atoms with Gasteiger partial charge in [0, 0.05) is 25.7 Å². The van der Waals surface area contributed by atoms with Gasteiger partial charge in [-0.25, -0.2) is 4.99 Å². The van der Waals surface area contributed by atoms with E-state index in [2.05, 4.69) is 45.7 Å². The van der Waals surface area contributed by atoms with Gasteiger partial charge in [-0.1, -0.05) is 24.3 Å². The smallest absolute Gasteiger partial charge is 0.191 e. The summed E-state index contributed by atoms with van der Waals surface area (Å²) in [4.78, 5) is 4.66. The topological polar surface area (TPSA) is 75.8 Å². The van der Waals surface area contributed by atoms with Gasteiger partial charge >= 0.3 is 0 Å². The van der Waals surface area contributed by atoms with Crippen molar-refractivity contribution in [3.63, 3.8) is 0 Å². The summed E-state index contributed by atoms with van der Waals surface area (Å²) >= 11 is 0. The number of para-hydroxylation sites is 1. The third-order valence-corrected chi connectivity index (χ3v) is 4.53. The molecule has 7 heteroatoms. The average molecular weight is 395 g/mol. The van der Waals surface area contributed by atoms with Crippen LogP contribution < -0.4 is 15.4 Å². The van der Waals surface area contributed by atoms with E-state index in [0.29, 0.717) is 6.54 Å². The second kappa shape index (κ2) is 10.5. The van der Waals surface area contributed by atoms with Crippen LogP contribution >= 0.6 is 0 Å². The zero-order chi connectivity index (χ0) is 20.5. The molecule has 3 aromatic rings.